The topological polar surface area (TPSA) is 22.0 Å². The maximum absolute atomic E-state index is 11.6. The van der Waals surface area contributed by atoms with Crippen molar-refractivity contribution in [2.24, 2.45) is 0 Å². The van der Waals surface area contributed by atoms with Crippen molar-refractivity contribution < 1.29 is 0 Å². The van der Waals surface area contributed by atoms with Crippen molar-refractivity contribution in [2.75, 3.05) is 0 Å². The van der Waals surface area contributed by atoms with E-state index >= 15 is 0 Å². The molecule has 1 aromatic carbocycles. The Morgan fingerprint density at radius 2 is 2.14 bits per heavy atom. The molecule has 1 heterocycles. The molecule has 0 saturated heterocycles. The van der Waals surface area contributed by atoms with Crippen LogP contribution in [0.2, 0.25) is 0 Å². The van der Waals surface area contributed by atoms with E-state index in [2.05, 4.69) is 34.1 Å². The first-order valence-corrected chi connectivity index (χ1v) is 5.59. The number of benzene rings is 1. The summed E-state index contributed by atoms with van der Waals surface area (Å²) in [7, 11) is 0. The molecule has 0 fully saturated rings. The molecule has 0 N–H and O–H groups in total. The first-order chi connectivity index (χ1) is 6.72. The van der Waals surface area contributed by atoms with Gasteiger partial charge in [0.2, 0.25) is 0 Å². The molecule has 0 radical (unpaired) electrons. The van der Waals surface area contributed by atoms with Gasteiger partial charge in [0, 0.05) is 27.8 Å². The van der Waals surface area contributed by atoms with Gasteiger partial charge in [-0.3, -0.25) is 4.79 Å². The summed E-state index contributed by atoms with van der Waals surface area (Å²) in [6, 6.07) is 7.59. The molecule has 3 heteroatoms. The number of hydrogen-bond donors (Lipinski definition) is 0. The van der Waals surface area contributed by atoms with Crippen LogP contribution in [0.25, 0.3) is 10.9 Å². The summed E-state index contributed by atoms with van der Waals surface area (Å²) in [4.78, 5) is 11.6. The van der Waals surface area contributed by atoms with Crippen LogP contribution in [0.3, 0.4) is 0 Å². The van der Waals surface area contributed by atoms with Gasteiger partial charge in [-0.2, -0.15) is 0 Å². The van der Waals surface area contributed by atoms with Crippen LogP contribution in [0.5, 0.6) is 0 Å². The zero-order valence-corrected chi connectivity index (χ0v) is 9.98. The van der Waals surface area contributed by atoms with Crippen LogP contribution in [0, 0.1) is 3.57 Å². The van der Waals surface area contributed by atoms with Crippen LogP contribution in [-0.2, 0) is 6.54 Å². The molecule has 2 nitrogen and oxygen atoms in total. The fraction of sp³-hybridized carbons (Fsp3) is 0.182. The number of hydrogen-bond acceptors (Lipinski definition) is 1. The summed E-state index contributed by atoms with van der Waals surface area (Å²) >= 11 is 2.22. The fourth-order valence-electron chi connectivity index (χ4n) is 1.56. The molecule has 0 aliphatic heterocycles. The Hall–Kier alpha value is -0.840. The molecule has 0 unspecified atom stereocenters. The van der Waals surface area contributed by atoms with Crippen molar-refractivity contribution >= 4 is 33.5 Å². The highest BCUT2D eigenvalue weighted by atomic mass is 127. The lowest BCUT2D eigenvalue weighted by molar-refractivity contribution is 0.788. The van der Waals surface area contributed by atoms with E-state index in [4.69, 9.17) is 0 Å². The quantitative estimate of drug-likeness (QED) is 0.742. The van der Waals surface area contributed by atoms with E-state index in [1.54, 1.807) is 6.07 Å². The first kappa shape index (κ1) is 9.71. The molecule has 1 aromatic heterocycles. The number of nitrogens with zero attached hydrogens (tertiary/aromatic N) is 1. The van der Waals surface area contributed by atoms with E-state index in [0.29, 0.717) is 0 Å². The third kappa shape index (κ3) is 1.56. The third-order valence-electron chi connectivity index (χ3n) is 2.28. The van der Waals surface area contributed by atoms with Crippen molar-refractivity contribution in [3.63, 3.8) is 0 Å². The molecule has 72 valence electrons. The van der Waals surface area contributed by atoms with Crippen LogP contribution >= 0.6 is 22.6 Å². The number of aryl methyl sites for hydroxylation is 1. The minimum atomic E-state index is 0.100. The summed E-state index contributed by atoms with van der Waals surface area (Å²) in [6.45, 7) is 2.96. The van der Waals surface area contributed by atoms with Gasteiger partial charge in [0.25, 0.3) is 0 Å². The lowest BCUT2D eigenvalue weighted by Gasteiger charge is -2.07. The zero-order valence-electron chi connectivity index (χ0n) is 7.83. The van der Waals surface area contributed by atoms with E-state index in [1.165, 1.54) is 0 Å². The Balaban J connectivity index is 2.91. The van der Waals surface area contributed by atoms with E-state index in [0.717, 1.165) is 21.0 Å². The zero-order chi connectivity index (χ0) is 10.1. The Labute approximate surface area is 95.7 Å². The van der Waals surface area contributed by atoms with Crippen LogP contribution in [0.4, 0.5) is 0 Å². The lowest BCUT2D eigenvalue weighted by Crippen LogP contribution is -2.06. The third-order valence-corrected chi connectivity index (χ3v) is 2.95. The van der Waals surface area contributed by atoms with Crippen LogP contribution in [0.1, 0.15) is 6.92 Å². The minimum Gasteiger partial charge on any atom is -0.348 e. The Bertz CT molecular complexity index is 530. The molecule has 0 amide bonds. The van der Waals surface area contributed by atoms with E-state index in [9.17, 15) is 4.79 Å². The van der Waals surface area contributed by atoms with E-state index in [1.807, 2.05) is 24.4 Å². The second-order valence-electron chi connectivity index (χ2n) is 3.13. The summed E-state index contributed by atoms with van der Waals surface area (Å²) in [5.41, 5.74) is 1.11. The molecule has 0 saturated carbocycles. The lowest BCUT2D eigenvalue weighted by atomic mass is 10.2. The summed E-state index contributed by atoms with van der Waals surface area (Å²) in [6.07, 6.45) is 1.84. The van der Waals surface area contributed by atoms with Crippen molar-refractivity contribution in [3.05, 3.63) is 44.3 Å². The molecule has 2 rings (SSSR count). The van der Waals surface area contributed by atoms with Gasteiger partial charge in [0.1, 0.15) is 0 Å². The Morgan fingerprint density at radius 1 is 1.36 bits per heavy atom. The predicted molar refractivity (Wildman–Crippen MR) is 66.6 cm³/mol. The van der Waals surface area contributed by atoms with Gasteiger partial charge in [0.05, 0.1) is 5.52 Å². The Morgan fingerprint density at radius 3 is 2.86 bits per heavy atom. The minimum absolute atomic E-state index is 0.100. The summed E-state index contributed by atoms with van der Waals surface area (Å²) in [5.74, 6) is 0. The molecule has 0 aliphatic carbocycles. The SMILES string of the molecule is CCn1ccc(=O)c2cc(I)ccc21. The molecule has 0 aliphatic rings. The first-order valence-electron chi connectivity index (χ1n) is 4.51. The molecule has 14 heavy (non-hydrogen) atoms. The van der Waals surface area contributed by atoms with Crippen LogP contribution in [0.15, 0.2) is 35.3 Å². The molecule has 2 aromatic rings. The van der Waals surface area contributed by atoms with Gasteiger partial charge in [0.15, 0.2) is 5.43 Å². The molecule has 0 atom stereocenters. The average molecular weight is 299 g/mol. The van der Waals surface area contributed by atoms with Crippen LogP contribution < -0.4 is 5.43 Å². The number of fused-ring (bicyclic) bond motifs is 1. The normalized spacial score (nSPS) is 10.7. The summed E-state index contributed by atoms with van der Waals surface area (Å²) < 4.78 is 3.17. The number of pyridine rings is 1. The second kappa shape index (κ2) is 3.73. The molecular formula is C11H10INO. The van der Waals surface area contributed by atoms with Crippen molar-refractivity contribution in [1.29, 1.82) is 0 Å². The van der Waals surface area contributed by atoms with Crippen LogP contribution in [-0.4, -0.2) is 4.57 Å². The summed E-state index contributed by atoms with van der Waals surface area (Å²) in [5, 5.41) is 0.807. The average Bonchev–Trinajstić information content (AvgIpc) is 2.19. The Kier molecular flexibility index (Phi) is 2.58. The number of aromatic nitrogens is 1. The van der Waals surface area contributed by atoms with Gasteiger partial charge in [-0.05, 0) is 47.7 Å². The highest BCUT2D eigenvalue weighted by Crippen LogP contribution is 2.14. The fourth-order valence-corrected chi connectivity index (χ4v) is 2.05. The van der Waals surface area contributed by atoms with Gasteiger partial charge in [-0.1, -0.05) is 0 Å². The standard InChI is InChI=1S/C11H10INO/c1-2-13-6-5-11(14)9-7-8(12)3-4-10(9)13/h3-7H,2H2,1H3. The van der Waals surface area contributed by atoms with Gasteiger partial charge in [-0.25, -0.2) is 0 Å². The van der Waals surface area contributed by atoms with Gasteiger partial charge < -0.3 is 4.57 Å². The molecule has 0 bridgehead atoms. The van der Waals surface area contributed by atoms with E-state index in [-0.39, 0.29) is 5.43 Å². The van der Waals surface area contributed by atoms with Crippen molar-refractivity contribution in [2.45, 2.75) is 13.5 Å². The smallest absolute Gasteiger partial charge is 0.189 e. The van der Waals surface area contributed by atoms with E-state index < -0.39 is 0 Å². The van der Waals surface area contributed by atoms with Gasteiger partial charge >= 0.3 is 0 Å². The maximum atomic E-state index is 11.6. The highest BCUT2D eigenvalue weighted by molar-refractivity contribution is 14.1. The second-order valence-corrected chi connectivity index (χ2v) is 4.37. The van der Waals surface area contributed by atoms with Crippen molar-refractivity contribution in [3.8, 4) is 0 Å². The monoisotopic (exact) mass is 299 g/mol. The molecule has 0 spiro atoms. The number of rotatable bonds is 1. The predicted octanol–water partition coefficient (Wildman–Crippen LogP) is 2.63. The number of halogens is 1. The maximum Gasteiger partial charge on any atom is 0.189 e. The highest BCUT2D eigenvalue weighted by Gasteiger charge is 2.01. The molecular weight excluding hydrogens is 289 g/mol. The van der Waals surface area contributed by atoms with Crippen molar-refractivity contribution in [1.82, 2.24) is 4.57 Å². The van der Waals surface area contributed by atoms with Gasteiger partial charge in [-0.15, -0.1) is 0 Å². The largest absolute Gasteiger partial charge is 0.348 e.